The molecule has 1 aliphatic heterocycles. The first-order valence-corrected chi connectivity index (χ1v) is 6.89. The lowest BCUT2D eigenvalue weighted by Gasteiger charge is -2.29. The zero-order chi connectivity index (χ0) is 15.7. The summed E-state index contributed by atoms with van der Waals surface area (Å²) in [7, 11) is 1.51. The van der Waals surface area contributed by atoms with E-state index in [0.29, 0.717) is 17.0 Å². The number of anilines is 1. The van der Waals surface area contributed by atoms with Crippen molar-refractivity contribution in [3.63, 3.8) is 0 Å². The van der Waals surface area contributed by atoms with Crippen molar-refractivity contribution in [2.45, 2.75) is 6.42 Å². The van der Waals surface area contributed by atoms with E-state index in [1.807, 2.05) is 0 Å². The van der Waals surface area contributed by atoms with Crippen LogP contribution < -0.4 is 9.64 Å². The number of fused-ring (bicyclic) bond motifs is 1. The number of Topliss-reactive ketones (excluding diaryl/α,β-unsaturated/α-hetero) is 1. The topological polar surface area (TPSA) is 46.6 Å². The normalized spacial score (nSPS) is 13.7. The minimum Gasteiger partial charge on any atom is -0.497 e. The second-order valence-corrected chi connectivity index (χ2v) is 4.99. The van der Waals surface area contributed by atoms with E-state index in [9.17, 15) is 14.0 Å². The lowest BCUT2D eigenvalue weighted by atomic mass is 9.99. The minimum absolute atomic E-state index is 0.00869. The maximum Gasteiger partial charge on any atom is 0.261 e. The first-order chi connectivity index (χ1) is 10.6. The monoisotopic (exact) mass is 299 g/mol. The number of ether oxygens (including phenoxy) is 1. The summed E-state index contributed by atoms with van der Waals surface area (Å²) in [4.78, 5) is 26.1. The molecule has 2 aromatic carbocycles. The predicted octanol–water partition coefficient (Wildman–Crippen LogP) is 3.07. The molecule has 0 N–H and O–H groups in total. The van der Waals surface area contributed by atoms with Gasteiger partial charge in [-0.2, -0.15) is 0 Å². The Labute approximate surface area is 127 Å². The molecule has 1 heterocycles. The van der Waals surface area contributed by atoms with Crippen LogP contribution in [0.25, 0.3) is 0 Å². The molecule has 0 fully saturated rings. The summed E-state index contributed by atoms with van der Waals surface area (Å²) < 4.78 is 19.0. The molecule has 0 unspecified atom stereocenters. The molecule has 1 aliphatic rings. The molecule has 0 saturated heterocycles. The summed E-state index contributed by atoms with van der Waals surface area (Å²) in [5.74, 6) is -0.524. The molecule has 0 aliphatic carbocycles. The van der Waals surface area contributed by atoms with Crippen LogP contribution in [0.5, 0.6) is 5.75 Å². The lowest BCUT2D eigenvalue weighted by molar-refractivity contribution is 0.0953. The van der Waals surface area contributed by atoms with Gasteiger partial charge >= 0.3 is 0 Å². The first-order valence-electron chi connectivity index (χ1n) is 6.89. The van der Waals surface area contributed by atoms with Crippen LogP contribution in [0, 0.1) is 5.82 Å². The molecule has 112 valence electrons. The van der Waals surface area contributed by atoms with Gasteiger partial charge in [0.15, 0.2) is 5.78 Å². The zero-order valence-corrected chi connectivity index (χ0v) is 12.0. The van der Waals surface area contributed by atoms with Gasteiger partial charge in [-0.3, -0.25) is 9.59 Å². The smallest absolute Gasteiger partial charge is 0.261 e. The second kappa shape index (κ2) is 5.60. The maximum atomic E-state index is 13.9. The third-order valence-electron chi connectivity index (χ3n) is 3.71. The number of nitrogens with zero attached hydrogens (tertiary/aromatic N) is 1. The summed E-state index contributed by atoms with van der Waals surface area (Å²) >= 11 is 0. The SMILES string of the molecule is COc1ccc2c(c1)N(C(=O)c1ccccc1F)CCC2=O. The summed E-state index contributed by atoms with van der Waals surface area (Å²) in [5.41, 5.74) is 0.909. The van der Waals surface area contributed by atoms with E-state index in [2.05, 4.69) is 0 Å². The van der Waals surface area contributed by atoms with Crippen molar-refractivity contribution in [3.05, 3.63) is 59.4 Å². The van der Waals surface area contributed by atoms with E-state index >= 15 is 0 Å². The number of hydrogen-bond acceptors (Lipinski definition) is 3. The molecule has 0 saturated carbocycles. The number of ketones is 1. The second-order valence-electron chi connectivity index (χ2n) is 4.99. The van der Waals surface area contributed by atoms with E-state index in [0.717, 1.165) is 0 Å². The molecule has 0 radical (unpaired) electrons. The van der Waals surface area contributed by atoms with Gasteiger partial charge in [0.2, 0.25) is 0 Å². The molecule has 5 heteroatoms. The van der Waals surface area contributed by atoms with Crippen molar-refractivity contribution >= 4 is 17.4 Å². The average Bonchev–Trinajstić information content (AvgIpc) is 2.54. The highest BCUT2D eigenvalue weighted by molar-refractivity contribution is 6.13. The van der Waals surface area contributed by atoms with Crippen LogP contribution >= 0.6 is 0 Å². The summed E-state index contributed by atoms with van der Waals surface area (Å²) in [6, 6.07) is 10.8. The Morgan fingerprint density at radius 3 is 2.73 bits per heavy atom. The number of hydrogen-bond donors (Lipinski definition) is 0. The molecule has 0 atom stereocenters. The standard InChI is InChI=1S/C17H14FNO3/c1-22-11-6-7-13-15(10-11)19(9-8-16(13)20)17(21)12-4-2-3-5-14(12)18/h2-7,10H,8-9H2,1H3. The zero-order valence-electron chi connectivity index (χ0n) is 12.0. The van der Waals surface area contributed by atoms with Gasteiger partial charge in [0.25, 0.3) is 5.91 Å². The molecule has 3 rings (SSSR count). The number of carbonyl (C=O) groups is 2. The predicted molar refractivity (Wildman–Crippen MR) is 80.0 cm³/mol. The molecule has 0 bridgehead atoms. The highest BCUT2D eigenvalue weighted by Gasteiger charge is 2.29. The Morgan fingerprint density at radius 1 is 1.23 bits per heavy atom. The number of methoxy groups -OCH3 is 1. The number of amides is 1. The van der Waals surface area contributed by atoms with Crippen LogP contribution in [-0.2, 0) is 0 Å². The molecule has 4 nitrogen and oxygen atoms in total. The Morgan fingerprint density at radius 2 is 2.00 bits per heavy atom. The molecular formula is C17H14FNO3. The van der Waals surface area contributed by atoms with Crippen molar-refractivity contribution in [2.75, 3.05) is 18.6 Å². The largest absolute Gasteiger partial charge is 0.497 e. The Balaban J connectivity index is 2.07. The van der Waals surface area contributed by atoms with Crippen LogP contribution in [0.15, 0.2) is 42.5 Å². The van der Waals surface area contributed by atoms with Gasteiger partial charge in [0, 0.05) is 24.6 Å². The van der Waals surface area contributed by atoms with Gasteiger partial charge < -0.3 is 9.64 Å². The number of benzene rings is 2. The average molecular weight is 299 g/mol. The molecule has 22 heavy (non-hydrogen) atoms. The Kier molecular flexibility index (Phi) is 3.63. The van der Waals surface area contributed by atoms with Crippen molar-refractivity contribution < 1.29 is 18.7 Å². The molecule has 0 spiro atoms. The van der Waals surface area contributed by atoms with Crippen molar-refractivity contribution in [2.24, 2.45) is 0 Å². The van der Waals surface area contributed by atoms with E-state index in [1.165, 1.54) is 30.2 Å². The van der Waals surface area contributed by atoms with Crippen LogP contribution in [0.2, 0.25) is 0 Å². The minimum atomic E-state index is -0.575. The molecule has 1 amide bonds. The van der Waals surface area contributed by atoms with Crippen molar-refractivity contribution in [1.82, 2.24) is 0 Å². The summed E-state index contributed by atoms with van der Waals surface area (Å²) in [6.07, 6.45) is 0.222. The third-order valence-corrected chi connectivity index (χ3v) is 3.71. The highest BCUT2D eigenvalue weighted by atomic mass is 19.1. The van der Waals surface area contributed by atoms with Gasteiger partial charge in [-0.15, -0.1) is 0 Å². The van der Waals surface area contributed by atoms with Gasteiger partial charge in [-0.05, 0) is 24.3 Å². The van der Waals surface area contributed by atoms with Crippen LogP contribution in [0.4, 0.5) is 10.1 Å². The van der Waals surface area contributed by atoms with Crippen molar-refractivity contribution in [1.29, 1.82) is 0 Å². The van der Waals surface area contributed by atoms with E-state index < -0.39 is 11.7 Å². The number of rotatable bonds is 2. The maximum absolute atomic E-state index is 13.9. The van der Waals surface area contributed by atoms with Crippen LogP contribution in [0.1, 0.15) is 27.1 Å². The highest BCUT2D eigenvalue weighted by Crippen LogP contribution is 2.32. The van der Waals surface area contributed by atoms with E-state index in [4.69, 9.17) is 4.74 Å². The molecular weight excluding hydrogens is 285 g/mol. The fourth-order valence-electron chi connectivity index (χ4n) is 2.56. The van der Waals surface area contributed by atoms with Gasteiger partial charge in [-0.1, -0.05) is 12.1 Å². The van der Waals surface area contributed by atoms with E-state index in [1.54, 1.807) is 24.3 Å². The Bertz CT molecular complexity index is 757. The molecule has 2 aromatic rings. The number of carbonyl (C=O) groups excluding carboxylic acids is 2. The van der Waals surface area contributed by atoms with Gasteiger partial charge in [-0.25, -0.2) is 4.39 Å². The van der Waals surface area contributed by atoms with Crippen molar-refractivity contribution in [3.8, 4) is 5.75 Å². The van der Waals surface area contributed by atoms with Gasteiger partial charge in [0.05, 0.1) is 18.4 Å². The number of halogens is 1. The van der Waals surface area contributed by atoms with Crippen LogP contribution in [0.3, 0.4) is 0 Å². The summed E-state index contributed by atoms with van der Waals surface area (Å²) in [6.45, 7) is 0.228. The summed E-state index contributed by atoms with van der Waals surface area (Å²) in [5, 5.41) is 0. The molecule has 0 aromatic heterocycles. The lowest BCUT2D eigenvalue weighted by Crippen LogP contribution is -2.37. The van der Waals surface area contributed by atoms with Gasteiger partial charge in [0.1, 0.15) is 11.6 Å². The fraction of sp³-hybridized carbons (Fsp3) is 0.176. The Hall–Kier alpha value is -2.69. The van der Waals surface area contributed by atoms with E-state index in [-0.39, 0.29) is 24.3 Å². The van der Waals surface area contributed by atoms with Crippen LogP contribution in [-0.4, -0.2) is 25.3 Å². The third kappa shape index (κ3) is 2.35. The first kappa shape index (κ1) is 14.3. The fourth-order valence-corrected chi connectivity index (χ4v) is 2.56. The quantitative estimate of drug-likeness (QED) is 0.856.